The maximum Gasteiger partial charge on any atom is 0.261 e. The van der Waals surface area contributed by atoms with E-state index >= 15 is 0 Å². The third-order valence-corrected chi connectivity index (χ3v) is 5.23. The van der Waals surface area contributed by atoms with Gasteiger partial charge in [0.2, 0.25) is 0 Å². The van der Waals surface area contributed by atoms with Crippen molar-refractivity contribution >= 4 is 21.6 Å². The molecule has 5 nitrogen and oxygen atoms in total. The summed E-state index contributed by atoms with van der Waals surface area (Å²) in [6, 6.07) is 14.8. The number of benzene rings is 2. The van der Waals surface area contributed by atoms with Crippen LogP contribution in [0.15, 0.2) is 59.5 Å². The van der Waals surface area contributed by atoms with Crippen molar-refractivity contribution < 1.29 is 13.2 Å². The van der Waals surface area contributed by atoms with E-state index in [1.807, 2.05) is 0 Å². The van der Waals surface area contributed by atoms with Gasteiger partial charge in [-0.05, 0) is 37.1 Å². The zero-order valence-corrected chi connectivity index (χ0v) is 13.4. The minimum atomic E-state index is -3.71. The molecule has 1 N–H and O–H groups in total. The fraction of sp³-hybridized carbons (Fsp3) is 0.235. The summed E-state index contributed by atoms with van der Waals surface area (Å²) in [4.78, 5) is 14.5. The third-order valence-electron chi connectivity index (χ3n) is 3.85. The summed E-state index contributed by atoms with van der Waals surface area (Å²) < 4.78 is 27.5. The Morgan fingerprint density at radius 1 is 0.913 bits per heavy atom. The van der Waals surface area contributed by atoms with Gasteiger partial charge in [0, 0.05) is 13.1 Å². The number of hydrogen-bond donors (Lipinski definition) is 1. The molecule has 6 heteroatoms. The van der Waals surface area contributed by atoms with Gasteiger partial charge in [0.15, 0.2) is 0 Å². The van der Waals surface area contributed by atoms with Crippen LogP contribution in [0.5, 0.6) is 0 Å². The van der Waals surface area contributed by atoms with E-state index in [2.05, 4.69) is 4.72 Å². The number of likely N-dealkylation sites (tertiary alicyclic amines) is 1. The van der Waals surface area contributed by atoms with Crippen molar-refractivity contribution in [2.45, 2.75) is 17.7 Å². The molecule has 2 aromatic rings. The van der Waals surface area contributed by atoms with Gasteiger partial charge in [-0.2, -0.15) is 0 Å². The Balaban J connectivity index is 1.90. The lowest BCUT2D eigenvalue weighted by atomic mass is 10.1. The van der Waals surface area contributed by atoms with Crippen LogP contribution in [-0.4, -0.2) is 32.3 Å². The normalized spacial score (nSPS) is 14.7. The quantitative estimate of drug-likeness (QED) is 0.937. The van der Waals surface area contributed by atoms with E-state index in [1.54, 1.807) is 47.4 Å². The summed E-state index contributed by atoms with van der Waals surface area (Å²) in [6.45, 7) is 1.44. The maximum atomic E-state index is 12.6. The van der Waals surface area contributed by atoms with Crippen LogP contribution in [0.3, 0.4) is 0 Å². The van der Waals surface area contributed by atoms with E-state index in [9.17, 15) is 13.2 Å². The van der Waals surface area contributed by atoms with Crippen LogP contribution >= 0.6 is 0 Å². The van der Waals surface area contributed by atoms with Gasteiger partial charge in [-0.3, -0.25) is 9.52 Å². The predicted octanol–water partition coefficient (Wildman–Crippen LogP) is 2.72. The second-order valence-electron chi connectivity index (χ2n) is 5.46. The summed E-state index contributed by atoms with van der Waals surface area (Å²) in [5.41, 5.74) is 0.696. The van der Waals surface area contributed by atoms with E-state index in [4.69, 9.17) is 0 Å². The lowest BCUT2D eigenvalue weighted by Crippen LogP contribution is -2.28. The SMILES string of the molecule is O=C(c1ccccc1NS(=O)(=O)c1ccccc1)N1CCCC1. The number of hydrogen-bond acceptors (Lipinski definition) is 3. The zero-order chi connectivity index (χ0) is 16.3. The van der Waals surface area contributed by atoms with Crippen LogP contribution < -0.4 is 4.72 Å². The number of amides is 1. The van der Waals surface area contributed by atoms with Crippen molar-refractivity contribution in [3.63, 3.8) is 0 Å². The molecular weight excluding hydrogens is 312 g/mol. The van der Waals surface area contributed by atoms with Crippen LogP contribution in [0, 0.1) is 0 Å². The summed E-state index contributed by atoms with van der Waals surface area (Å²) >= 11 is 0. The molecule has 0 aliphatic carbocycles. The van der Waals surface area contributed by atoms with Crippen molar-refractivity contribution in [2.75, 3.05) is 17.8 Å². The smallest absolute Gasteiger partial charge is 0.261 e. The number of rotatable bonds is 4. The first kappa shape index (κ1) is 15.6. The number of sulfonamides is 1. The molecule has 0 saturated carbocycles. The molecule has 1 saturated heterocycles. The molecule has 1 fully saturated rings. The highest BCUT2D eigenvalue weighted by Gasteiger charge is 2.23. The minimum Gasteiger partial charge on any atom is -0.339 e. The van der Waals surface area contributed by atoms with E-state index in [1.165, 1.54) is 12.1 Å². The van der Waals surface area contributed by atoms with Gasteiger partial charge in [0.1, 0.15) is 0 Å². The van der Waals surface area contributed by atoms with Gasteiger partial charge in [-0.15, -0.1) is 0 Å². The van der Waals surface area contributed by atoms with Crippen LogP contribution in [0.4, 0.5) is 5.69 Å². The molecular formula is C17H18N2O3S. The largest absolute Gasteiger partial charge is 0.339 e. The lowest BCUT2D eigenvalue weighted by Gasteiger charge is -2.18. The van der Waals surface area contributed by atoms with Gasteiger partial charge < -0.3 is 4.90 Å². The van der Waals surface area contributed by atoms with Crippen molar-refractivity contribution in [3.8, 4) is 0 Å². The highest BCUT2D eigenvalue weighted by Crippen LogP contribution is 2.23. The molecule has 0 bridgehead atoms. The highest BCUT2D eigenvalue weighted by molar-refractivity contribution is 7.92. The van der Waals surface area contributed by atoms with Crippen molar-refractivity contribution in [3.05, 3.63) is 60.2 Å². The predicted molar refractivity (Wildman–Crippen MR) is 88.8 cm³/mol. The molecule has 0 atom stereocenters. The average Bonchev–Trinajstić information content (AvgIpc) is 3.10. The van der Waals surface area contributed by atoms with E-state index in [0.29, 0.717) is 11.3 Å². The fourth-order valence-electron chi connectivity index (χ4n) is 2.65. The molecule has 120 valence electrons. The van der Waals surface area contributed by atoms with Crippen LogP contribution in [0.2, 0.25) is 0 Å². The molecule has 1 aliphatic rings. The van der Waals surface area contributed by atoms with E-state index in [0.717, 1.165) is 25.9 Å². The standard InChI is InChI=1S/C17H18N2O3S/c20-17(19-12-6-7-13-19)15-10-4-5-11-16(15)18-23(21,22)14-8-2-1-3-9-14/h1-5,8-11,18H,6-7,12-13H2. The molecule has 1 heterocycles. The average molecular weight is 330 g/mol. The topological polar surface area (TPSA) is 66.5 Å². The number of nitrogens with zero attached hydrogens (tertiary/aromatic N) is 1. The number of nitrogens with one attached hydrogen (secondary N) is 1. The molecule has 1 amide bonds. The number of anilines is 1. The van der Waals surface area contributed by atoms with Gasteiger partial charge in [0.25, 0.3) is 15.9 Å². The monoisotopic (exact) mass is 330 g/mol. The third kappa shape index (κ3) is 3.37. The van der Waals surface area contributed by atoms with Gasteiger partial charge >= 0.3 is 0 Å². The van der Waals surface area contributed by atoms with Gasteiger partial charge in [-0.1, -0.05) is 30.3 Å². The Labute approximate surface area is 136 Å². The minimum absolute atomic E-state index is 0.131. The second kappa shape index (κ2) is 6.42. The van der Waals surface area contributed by atoms with Gasteiger partial charge in [0.05, 0.1) is 16.1 Å². The summed E-state index contributed by atoms with van der Waals surface area (Å²) in [6.07, 6.45) is 1.98. The molecule has 2 aromatic carbocycles. The van der Waals surface area contributed by atoms with Crippen LogP contribution in [0.1, 0.15) is 23.2 Å². The number of carbonyl (C=O) groups excluding carboxylic acids is 1. The lowest BCUT2D eigenvalue weighted by molar-refractivity contribution is 0.0794. The Morgan fingerprint density at radius 2 is 1.52 bits per heavy atom. The Morgan fingerprint density at radius 3 is 2.22 bits per heavy atom. The number of carbonyl (C=O) groups is 1. The highest BCUT2D eigenvalue weighted by atomic mass is 32.2. The molecule has 0 radical (unpaired) electrons. The van der Waals surface area contributed by atoms with E-state index < -0.39 is 10.0 Å². The van der Waals surface area contributed by atoms with E-state index in [-0.39, 0.29) is 10.8 Å². The molecule has 3 rings (SSSR count). The first-order chi connectivity index (χ1) is 11.1. The molecule has 0 unspecified atom stereocenters. The molecule has 23 heavy (non-hydrogen) atoms. The van der Waals surface area contributed by atoms with Crippen molar-refractivity contribution in [1.82, 2.24) is 4.90 Å². The molecule has 0 spiro atoms. The van der Waals surface area contributed by atoms with Crippen LogP contribution in [-0.2, 0) is 10.0 Å². The summed E-state index contributed by atoms with van der Waals surface area (Å²) in [5.74, 6) is -0.131. The fourth-order valence-corrected chi connectivity index (χ4v) is 3.75. The summed E-state index contributed by atoms with van der Waals surface area (Å²) in [7, 11) is -3.71. The second-order valence-corrected chi connectivity index (χ2v) is 7.15. The van der Waals surface area contributed by atoms with Crippen LogP contribution in [0.25, 0.3) is 0 Å². The Bertz CT molecular complexity index is 798. The zero-order valence-electron chi connectivity index (χ0n) is 12.6. The van der Waals surface area contributed by atoms with Gasteiger partial charge in [-0.25, -0.2) is 8.42 Å². The maximum absolute atomic E-state index is 12.6. The molecule has 1 aliphatic heterocycles. The first-order valence-corrected chi connectivity index (χ1v) is 9.02. The number of para-hydroxylation sites is 1. The van der Waals surface area contributed by atoms with Crippen molar-refractivity contribution in [2.24, 2.45) is 0 Å². The Hall–Kier alpha value is -2.34. The first-order valence-electron chi connectivity index (χ1n) is 7.54. The Kier molecular flexibility index (Phi) is 4.34. The van der Waals surface area contributed by atoms with Crippen molar-refractivity contribution in [1.29, 1.82) is 0 Å². The summed E-state index contributed by atoms with van der Waals surface area (Å²) in [5, 5.41) is 0. The molecule has 0 aromatic heterocycles.